The third-order valence-electron chi connectivity index (χ3n) is 5.05. The number of nitrogens with zero attached hydrogens (tertiary/aromatic N) is 2. The minimum atomic E-state index is 0.135. The Kier molecular flexibility index (Phi) is 4.12. The van der Waals surface area contributed by atoms with Gasteiger partial charge in [-0.3, -0.25) is 10.2 Å². The van der Waals surface area contributed by atoms with Crippen LogP contribution >= 0.6 is 11.3 Å². The molecule has 2 aliphatic rings. The van der Waals surface area contributed by atoms with E-state index >= 15 is 0 Å². The maximum Gasteiger partial charge on any atom is 0.265 e. The molecule has 4 rings (SSSR count). The number of hydrogen-bond acceptors (Lipinski definition) is 5. The van der Waals surface area contributed by atoms with Crippen molar-refractivity contribution >= 4 is 17.2 Å². The summed E-state index contributed by atoms with van der Waals surface area (Å²) in [5, 5.41) is 0.956. The first-order chi connectivity index (χ1) is 11.6. The Morgan fingerprint density at radius 1 is 1.25 bits per heavy atom. The molecular formula is C18H22N4OS. The fourth-order valence-electron chi connectivity index (χ4n) is 3.85. The van der Waals surface area contributed by atoms with Crippen LogP contribution in [0.2, 0.25) is 0 Å². The maximum absolute atomic E-state index is 12.9. The molecule has 3 heterocycles. The molecule has 126 valence electrons. The third-order valence-corrected chi connectivity index (χ3v) is 6.11. The molecule has 3 atom stereocenters. The van der Waals surface area contributed by atoms with Crippen molar-refractivity contribution in [3.63, 3.8) is 0 Å². The van der Waals surface area contributed by atoms with Crippen molar-refractivity contribution in [2.45, 2.75) is 32.4 Å². The predicted molar refractivity (Wildman–Crippen MR) is 94.8 cm³/mol. The SMILES string of the molecule is Cc1nc(C)c(C(=O)N2CCC3NNC(c4ccccc4)C3C2)s1. The van der Waals surface area contributed by atoms with E-state index in [1.54, 1.807) is 0 Å². The smallest absolute Gasteiger partial charge is 0.265 e. The lowest BCUT2D eigenvalue weighted by Crippen LogP contribution is -2.47. The summed E-state index contributed by atoms with van der Waals surface area (Å²) < 4.78 is 0. The summed E-state index contributed by atoms with van der Waals surface area (Å²) in [6, 6.07) is 11.1. The van der Waals surface area contributed by atoms with E-state index in [0.717, 1.165) is 35.1 Å². The molecule has 0 radical (unpaired) electrons. The Labute approximate surface area is 146 Å². The van der Waals surface area contributed by atoms with Gasteiger partial charge in [-0.05, 0) is 25.8 Å². The summed E-state index contributed by atoms with van der Waals surface area (Å²) in [5.74, 6) is 0.523. The number of benzene rings is 1. The number of hydrazine groups is 1. The van der Waals surface area contributed by atoms with Gasteiger partial charge >= 0.3 is 0 Å². The Balaban J connectivity index is 1.54. The summed E-state index contributed by atoms with van der Waals surface area (Å²) in [5.41, 5.74) is 8.98. The summed E-state index contributed by atoms with van der Waals surface area (Å²) >= 11 is 1.50. The molecule has 2 saturated heterocycles. The molecule has 2 fully saturated rings. The highest BCUT2D eigenvalue weighted by Crippen LogP contribution is 2.34. The van der Waals surface area contributed by atoms with E-state index in [1.165, 1.54) is 16.9 Å². The van der Waals surface area contributed by atoms with Gasteiger partial charge in [0, 0.05) is 25.0 Å². The number of rotatable bonds is 2. The van der Waals surface area contributed by atoms with Crippen LogP contribution in [0.5, 0.6) is 0 Å². The van der Waals surface area contributed by atoms with Crippen molar-refractivity contribution < 1.29 is 4.79 Å². The second-order valence-electron chi connectivity index (χ2n) is 6.63. The van der Waals surface area contributed by atoms with Gasteiger partial charge in [0.25, 0.3) is 5.91 Å². The Bertz CT molecular complexity index is 745. The molecule has 5 nitrogen and oxygen atoms in total. The summed E-state index contributed by atoms with van der Waals surface area (Å²) in [6.07, 6.45) is 0.976. The molecular weight excluding hydrogens is 320 g/mol. The highest BCUT2D eigenvalue weighted by molar-refractivity contribution is 7.13. The minimum absolute atomic E-state index is 0.135. The van der Waals surface area contributed by atoms with Gasteiger partial charge in [-0.2, -0.15) is 0 Å². The van der Waals surface area contributed by atoms with Crippen LogP contribution in [0.1, 0.15) is 38.4 Å². The molecule has 0 saturated carbocycles. The molecule has 1 aromatic heterocycles. The van der Waals surface area contributed by atoms with E-state index in [9.17, 15) is 4.79 Å². The zero-order valence-electron chi connectivity index (χ0n) is 14.0. The van der Waals surface area contributed by atoms with E-state index in [1.807, 2.05) is 24.8 Å². The number of aryl methyl sites for hydroxylation is 2. The van der Waals surface area contributed by atoms with E-state index < -0.39 is 0 Å². The molecule has 2 aliphatic heterocycles. The molecule has 6 heteroatoms. The molecule has 24 heavy (non-hydrogen) atoms. The van der Waals surface area contributed by atoms with Crippen LogP contribution in [-0.4, -0.2) is 34.9 Å². The van der Waals surface area contributed by atoms with Crippen LogP contribution in [0.25, 0.3) is 0 Å². The first-order valence-corrected chi connectivity index (χ1v) is 9.24. The number of hydrogen-bond donors (Lipinski definition) is 2. The van der Waals surface area contributed by atoms with Crippen LogP contribution in [-0.2, 0) is 0 Å². The number of aromatic nitrogens is 1. The average molecular weight is 342 g/mol. The molecule has 0 bridgehead atoms. The lowest BCUT2D eigenvalue weighted by Gasteiger charge is -2.36. The van der Waals surface area contributed by atoms with Gasteiger partial charge in [0.15, 0.2) is 0 Å². The first-order valence-electron chi connectivity index (χ1n) is 8.43. The number of carbonyl (C=O) groups excluding carboxylic acids is 1. The number of piperidine rings is 1. The van der Waals surface area contributed by atoms with Crippen LogP contribution < -0.4 is 10.9 Å². The van der Waals surface area contributed by atoms with Crippen LogP contribution in [0.15, 0.2) is 30.3 Å². The number of amides is 1. The molecule has 0 aliphatic carbocycles. The van der Waals surface area contributed by atoms with Gasteiger partial charge in [0.2, 0.25) is 0 Å². The number of carbonyl (C=O) groups is 1. The van der Waals surface area contributed by atoms with Gasteiger partial charge in [-0.1, -0.05) is 30.3 Å². The van der Waals surface area contributed by atoms with Gasteiger partial charge < -0.3 is 4.90 Å². The molecule has 1 aromatic carbocycles. The maximum atomic E-state index is 12.9. The second kappa shape index (κ2) is 6.27. The van der Waals surface area contributed by atoms with Crippen molar-refractivity contribution in [3.05, 3.63) is 51.5 Å². The fraction of sp³-hybridized carbons (Fsp3) is 0.444. The van der Waals surface area contributed by atoms with Crippen LogP contribution in [0.3, 0.4) is 0 Å². The van der Waals surface area contributed by atoms with Crippen molar-refractivity contribution in [3.8, 4) is 0 Å². The lowest BCUT2D eigenvalue weighted by atomic mass is 9.85. The summed E-state index contributed by atoms with van der Waals surface area (Å²) in [4.78, 5) is 20.1. The zero-order chi connectivity index (χ0) is 16.7. The van der Waals surface area contributed by atoms with Crippen LogP contribution in [0, 0.1) is 19.8 Å². The van der Waals surface area contributed by atoms with E-state index in [-0.39, 0.29) is 11.9 Å². The fourth-order valence-corrected chi connectivity index (χ4v) is 4.74. The van der Waals surface area contributed by atoms with Crippen molar-refractivity contribution in [1.29, 1.82) is 0 Å². The topological polar surface area (TPSA) is 57.3 Å². The first kappa shape index (κ1) is 15.7. The van der Waals surface area contributed by atoms with Gasteiger partial charge in [0.1, 0.15) is 4.88 Å². The van der Waals surface area contributed by atoms with E-state index in [0.29, 0.717) is 12.0 Å². The Morgan fingerprint density at radius 2 is 2.04 bits per heavy atom. The average Bonchev–Trinajstić information content (AvgIpc) is 3.17. The largest absolute Gasteiger partial charge is 0.337 e. The van der Waals surface area contributed by atoms with Crippen molar-refractivity contribution in [2.24, 2.45) is 5.92 Å². The standard InChI is InChI=1S/C18H22N4OS/c1-11-17(24-12(2)19-11)18(23)22-9-8-15-14(10-22)16(21-20-15)13-6-4-3-5-7-13/h3-7,14-16,20-21H,8-10H2,1-2H3. The second-order valence-corrected chi connectivity index (χ2v) is 7.84. The number of nitrogens with one attached hydrogen (secondary N) is 2. The number of likely N-dealkylation sites (tertiary alicyclic amines) is 1. The minimum Gasteiger partial charge on any atom is -0.337 e. The quantitative estimate of drug-likeness (QED) is 0.880. The monoisotopic (exact) mass is 342 g/mol. The Hall–Kier alpha value is -1.76. The van der Waals surface area contributed by atoms with Gasteiger partial charge in [-0.25, -0.2) is 10.4 Å². The predicted octanol–water partition coefficient (Wildman–Crippen LogP) is 2.44. The highest BCUT2D eigenvalue weighted by Gasteiger charge is 2.41. The van der Waals surface area contributed by atoms with Crippen molar-refractivity contribution in [2.75, 3.05) is 13.1 Å². The molecule has 2 aromatic rings. The Morgan fingerprint density at radius 3 is 2.75 bits per heavy atom. The van der Waals surface area contributed by atoms with Gasteiger partial charge in [-0.15, -0.1) is 11.3 Å². The van der Waals surface area contributed by atoms with E-state index in [4.69, 9.17) is 0 Å². The highest BCUT2D eigenvalue weighted by atomic mass is 32.1. The summed E-state index contributed by atoms with van der Waals surface area (Å²) in [6.45, 7) is 5.46. The molecule has 0 spiro atoms. The number of fused-ring (bicyclic) bond motifs is 1. The lowest BCUT2D eigenvalue weighted by molar-refractivity contribution is 0.0656. The normalized spacial score (nSPS) is 26.4. The van der Waals surface area contributed by atoms with E-state index in [2.05, 4.69) is 40.1 Å². The molecule has 2 N–H and O–H groups in total. The van der Waals surface area contributed by atoms with Crippen molar-refractivity contribution in [1.82, 2.24) is 20.7 Å². The molecule has 3 unspecified atom stereocenters. The van der Waals surface area contributed by atoms with Gasteiger partial charge in [0.05, 0.1) is 16.7 Å². The molecule has 1 amide bonds. The third kappa shape index (κ3) is 2.75. The summed E-state index contributed by atoms with van der Waals surface area (Å²) in [7, 11) is 0. The van der Waals surface area contributed by atoms with Crippen LogP contribution in [0.4, 0.5) is 0 Å². The zero-order valence-corrected chi connectivity index (χ0v) is 14.8. The number of thiazole rings is 1.